The molecule has 0 heterocycles. The van der Waals surface area contributed by atoms with Crippen LogP contribution in [0.25, 0.3) is 0 Å². The van der Waals surface area contributed by atoms with Crippen LogP contribution in [0.15, 0.2) is 18.2 Å². The van der Waals surface area contributed by atoms with Crippen molar-refractivity contribution in [2.75, 3.05) is 6.61 Å². The molecule has 0 aromatic heterocycles. The van der Waals surface area contributed by atoms with E-state index in [1.807, 2.05) is 19.1 Å². The van der Waals surface area contributed by atoms with Crippen molar-refractivity contribution in [2.24, 2.45) is 0 Å². The van der Waals surface area contributed by atoms with Gasteiger partial charge in [-0.25, -0.2) is 0 Å². The van der Waals surface area contributed by atoms with E-state index in [-0.39, 0.29) is 0 Å². The second kappa shape index (κ2) is 4.89. The van der Waals surface area contributed by atoms with Crippen LogP contribution in [-0.2, 0) is 0 Å². The van der Waals surface area contributed by atoms with Crippen molar-refractivity contribution in [3.63, 3.8) is 0 Å². The van der Waals surface area contributed by atoms with E-state index in [9.17, 15) is 5.11 Å². The minimum atomic E-state index is 0.331. The van der Waals surface area contributed by atoms with Crippen molar-refractivity contribution >= 4 is 0 Å². The first-order chi connectivity index (χ1) is 6.70. The number of hydrogen-bond donors (Lipinski definition) is 1. The standard InChI is InChI=1S/C12H18O2/c1-4-9(3)12-10(13)7-6-8-11(12)14-5-2/h6-9,13H,4-5H2,1-3H3. The fraction of sp³-hybridized carbons (Fsp3) is 0.500. The van der Waals surface area contributed by atoms with E-state index in [2.05, 4.69) is 13.8 Å². The third-order valence-corrected chi connectivity index (χ3v) is 2.45. The zero-order valence-electron chi connectivity index (χ0n) is 9.08. The lowest BCUT2D eigenvalue weighted by Crippen LogP contribution is -1.99. The van der Waals surface area contributed by atoms with Gasteiger partial charge in [0, 0.05) is 5.56 Å². The van der Waals surface area contributed by atoms with Gasteiger partial charge in [-0.2, -0.15) is 0 Å². The Morgan fingerprint density at radius 3 is 2.64 bits per heavy atom. The van der Waals surface area contributed by atoms with Crippen LogP contribution in [0, 0.1) is 0 Å². The molecule has 0 radical (unpaired) electrons. The Hall–Kier alpha value is -1.18. The summed E-state index contributed by atoms with van der Waals surface area (Å²) in [7, 11) is 0. The molecule has 0 aliphatic carbocycles. The van der Waals surface area contributed by atoms with Crippen molar-refractivity contribution in [3.8, 4) is 11.5 Å². The second-order valence-electron chi connectivity index (χ2n) is 3.43. The zero-order valence-corrected chi connectivity index (χ0v) is 9.08. The maximum absolute atomic E-state index is 9.74. The molecule has 1 N–H and O–H groups in total. The molecule has 78 valence electrons. The summed E-state index contributed by atoms with van der Waals surface area (Å²) >= 11 is 0. The Kier molecular flexibility index (Phi) is 3.81. The summed E-state index contributed by atoms with van der Waals surface area (Å²) in [5.74, 6) is 1.48. The van der Waals surface area contributed by atoms with Crippen molar-refractivity contribution in [2.45, 2.75) is 33.1 Å². The first kappa shape index (κ1) is 10.9. The van der Waals surface area contributed by atoms with Gasteiger partial charge in [-0.1, -0.05) is 19.9 Å². The molecule has 2 heteroatoms. The smallest absolute Gasteiger partial charge is 0.126 e. The maximum Gasteiger partial charge on any atom is 0.126 e. The minimum absolute atomic E-state index is 0.331. The lowest BCUT2D eigenvalue weighted by molar-refractivity contribution is 0.330. The van der Waals surface area contributed by atoms with Crippen LogP contribution in [0.4, 0.5) is 0 Å². The Morgan fingerprint density at radius 1 is 1.36 bits per heavy atom. The molecule has 0 saturated heterocycles. The Bertz CT molecular complexity index is 294. The molecule has 0 aliphatic heterocycles. The number of benzene rings is 1. The third kappa shape index (κ3) is 2.19. The van der Waals surface area contributed by atoms with Gasteiger partial charge in [0.05, 0.1) is 6.61 Å². The monoisotopic (exact) mass is 194 g/mol. The van der Waals surface area contributed by atoms with E-state index < -0.39 is 0 Å². The highest BCUT2D eigenvalue weighted by Crippen LogP contribution is 2.35. The molecule has 0 amide bonds. The molecule has 1 aromatic rings. The van der Waals surface area contributed by atoms with Gasteiger partial charge >= 0.3 is 0 Å². The predicted molar refractivity (Wildman–Crippen MR) is 58.0 cm³/mol. The van der Waals surface area contributed by atoms with Gasteiger partial charge in [-0.15, -0.1) is 0 Å². The van der Waals surface area contributed by atoms with Crippen molar-refractivity contribution < 1.29 is 9.84 Å². The van der Waals surface area contributed by atoms with Crippen LogP contribution in [0.2, 0.25) is 0 Å². The molecular weight excluding hydrogens is 176 g/mol. The van der Waals surface area contributed by atoms with Crippen LogP contribution < -0.4 is 4.74 Å². The summed E-state index contributed by atoms with van der Waals surface area (Å²) < 4.78 is 5.48. The summed E-state index contributed by atoms with van der Waals surface area (Å²) in [6, 6.07) is 5.43. The number of phenols is 1. The molecular formula is C12H18O2. The molecule has 14 heavy (non-hydrogen) atoms. The highest BCUT2D eigenvalue weighted by Gasteiger charge is 2.14. The number of rotatable bonds is 4. The Morgan fingerprint density at radius 2 is 2.07 bits per heavy atom. The molecule has 0 spiro atoms. The molecule has 0 fully saturated rings. The number of hydrogen-bond acceptors (Lipinski definition) is 2. The van der Waals surface area contributed by atoms with E-state index in [0.717, 1.165) is 17.7 Å². The van der Waals surface area contributed by atoms with Crippen molar-refractivity contribution in [1.82, 2.24) is 0 Å². The number of phenolic OH excluding ortho intramolecular Hbond substituents is 1. The highest BCUT2D eigenvalue weighted by atomic mass is 16.5. The normalized spacial score (nSPS) is 12.5. The Labute approximate surface area is 85.5 Å². The van der Waals surface area contributed by atoms with Crippen molar-refractivity contribution in [3.05, 3.63) is 23.8 Å². The topological polar surface area (TPSA) is 29.5 Å². The van der Waals surface area contributed by atoms with Gasteiger partial charge in [0.15, 0.2) is 0 Å². The lowest BCUT2D eigenvalue weighted by atomic mass is 9.97. The molecule has 0 bridgehead atoms. The second-order valence-corrected chi connectivity index (χ2v) is 3.43. The minimum Gasteiger partial charge on any atom is -0.508 e. The van der Waals surface area contributed by atoms with Gasteiger partial charge in [0.2, 0.25) is 0 Å². The first-order valence-corrected chi connectivity index (χ1v) is 5.15. The van der Waals surface area contributed by atoms with Gasteiger partial charge in [-0.3, -0.25) is 0 Å². The van der Waals surface area contributed by atoms with Gasteiger partial charge in [0.25, 0.3) is 0 Å². The van der Waals surface area contributed by atoms with Crippen molar-refractivity contribution in [1.29, 1.82) is 0 Å². The van der Waals surface area contributed by atoms with Crippen LogP contribution in [0.1, 0.15) is 38.7 Å². The van der Waals surface area contributed by atoms with E-state index in [1.165, 1.54) is 0 Å². The first-order valence-electron chi connectivity index (χ1n) is 5.15. The van der Waals surface area contributed by atoms with E-state index in [4.69, 9.17) is 4.74 Å². The Balaban J connectivity index is 3.08. The van der Waals surface area contributed by atoms with Crippen LogP contribution in [-0.4, -0.2) is 11.7 Å². The molecule has 1 aromatic carbocycles. The van der Waals surface area contributed by atoms with E-state index in [1.54, 1.807) is 6.07 Å². The quantitative estimate of drug-likeness (QED) is 0.796. The average Bonchev–Trinajstić information content (AvgIpc) is 2.18. The zero-order chi connectivity index (χ0) is 10.6. The fourth-order valence-electron chi connectivity index (χ4n) is 1.51. The predicted octanol–water partition coefficient (Wildman–Crippen LogP) is 3.30. The number of aromatic hydroxyl groups is 1. The van der Waals surface area contributed by atoms with E-state index in [0.29, 0.717) is 18.3 Å². The van der Waals surface area contributed by atoms with Gasteiger partial charge in [-0.05, 0) is 31.4 Å². The molecule has 1 unspecified atom stereocenters. The summed E-state index contributed by atoms with van der Waals surface area (Å²) in [6.45, 7) is 6.78. The fourth-order valence-corrected chi connectivity index (χ4v) is 1.51. The highest BCUT2D eigenvalue weighted by molar-refractivity contribution is 5.46. The van der Waals surface area contributed by atoms with Crippen LogP contribution in [0.3, 0.4) is 0 Å². The SMILES string of the molecule is CCOc1cccc(O)c1C(C)CC. The summed E-state index contributed by atoms with van der Waals surface area (Å²) in [4.78, 5) is 0. The summed E-state index contributed by atoms with van der Waals surface area (Å²) in [5, 5.41) is 9.74. The summed E-state index contributed by atoms with van der Waals surface area (Å²) in [6.07, 6.45) is 0.998. The molecule has 1 atom stereocenters. The van der Waals surface area contributed by atoms with Gasteiger partial charge in [0.1, 0.15) is 11.5 Å². The summed E-state index contributed by atoms with van der Waals surface area (Å²) in [5.41, 5.74) is 0.928. The lowest BCUT2D eigenvalue weighted by Gasteiger charge is -2.16. The molecule has 0 saturated carbocycles. The van der Waals surface area contributed by atoms with Crippen LogP contribution >= 0.6 is 0 Å². The largest absolute Gasteiger partial charge is 0.508 e. The molecule has 1 rings (SSSR count). The van der Waals surface area contributed by atoms with Gasteiger partial charge < -0.3 is 9.84 Å². The third-order valence-electron chi connectivity index (χ3n) is 2.45. The molecule has 2 nitrogen and oxygen atoms in total. The maximum atomic E-state index is 9.74. The van der Waals surface area contributed by atoms with E-state index >= 15 is 0 Å². The van der Waals surface area contributed by atoms with Crippen LogP contribution in [0.5, 0.6) is 11.5 Å². The number of ether oxygens (including phenoxy) is 1. The molecule has 0 aliphatic rings. The average molecular weight is 194 g/mol.